The Hall–Kier alpha value is -2.43. The second kappa shape index (κ2) is 9.59. The Morgan fingerprint density at radius 2 is 2.20 bits per heavy atom. The third kappa shape index (κ3) is 4.50. The minimum atomic E-state index is -0.163. The van der Waals surface area contributed by atoms with Gasteiger partial charge in [-0.3, -0.25) is 4.98 Å². The molecule has 3 aromatic rings. The maximum Gasteiger partial charge on any atom is 0.108 e. The van der Waals surface area contributed by atoms with E-state index in [0.29, 0.717) is 11.8 Å². The predicted molar refractivity (Wildman–Crippen MR) is 127 cm³/mol. The molecule has 0 amide bonds. The summed E-state index contributed by atoms with van der Waals surface area (Å²) in [4.78, 5) is 4.55. The molecule has 3 heterocycles. The number of hydrogen-bond donors (Lipinski definition) is 0. The van der Waals surface area contributed by atoms with E-state index in [0.717, 1.165) is 48.0 Å². The minimum Gasteiger partial charge on any atom is -0.656 e. The number of allylic oxidation sites excluding steroid dienone is 1. The first-order valence-corrected chi connectivity index (χ1v) is 11.6. The van der Waals surface area contributed by atoms with Crippen molar-refractivity contribution in [3.05, 3.63) is 94.8 Å². The molecule has 1 fully saturated rings. The Bertz CT molecular complexity index is 992. The molecular weight excluding hydrogens is 388 g/mol. The summed E-state index contributed by atoms with van der Waals surface area (Å²) in [5.74, 6) is 1.82. The third-order valence-corrected chi connectivity index (χ3v) is 6.87. The van der Waals surface area contributed by atoms with Crippen LogP contribution in [0.5, 0.6) is 0 Å². The Kier molecular flexibility index (Phi) is 6.66. The van der Waals surface area contributed by atoms with E-state index in [2.05, 4.69) is 72.2 Å². The van der Waals surface area contributed by atoms with E-state index in [1.54, 1.807) is 11.3 Å². The van der Waals surface area contributed by atoms with Gasteiger partial charge in [-0.25, -0.2) is 0 Å². The number of aromatic nitrogens is 1. The van der Waals surface area contributed by atoms with Crippen molar-refractivity contribution in [2.75, 3.05) is 6.54 Å². The lowest BCUT2D eigenvalue weighted by Crippen LogP contribution is -2.33. The number of para-hydroxylation sites is 1. The first-order chi connectivity index (χ1) is 14.7. The summed E-state index contributed by atoms with van der Waals surface area (Å²) in [5.41, 5.74) is 3.37. The zero-order valence-electron chi connectivity index (χ0n) is 17.5. The molecule has 3 nitrogen and oxygen atoms in total. The lowest BCUT2D eigenvalue weighted by Gasteiger charge is -2.48. The molecule has 4 atom stereocenters. The summed E-state index contributed by atoms with van der Waals surface area (Å²) < 4.78 is 6.58. The minimum absolute atomic E-state index is 0.0937. The van der Waals surface area contributed by atoms with Crippen LogP contribution >= 0.6 is 11.3 Å². The Morgan fingerprint density at radius 1 is 1.33 bits per heavy atom. The van der Waals surface area contributed by atoms with Crippen LogP contribution in [0.15, 0.2) is 78.3 Å². The van der Waals surface area contributed by atoms with E-state index in [1.807, 2.05) is 12.3 Å². The quantitative estimate of drug-likeness (QED) is 0.290. The zero-order chi connectivity index (χ0) is 20.9. The molecule has 2 aromatic heterocycles. The van der Waals surface area contributed by atoms with Gasteiger partial charge in [0, 0.05) is 23.6 Å². The molecule has 1 aliphatic heterocycles. The third-order valence-electron chi connectivity index (χ3n) is 6.14. The Morgan fingerprint density at radius 3 is 2.97 bits per heavy atom. The summed E-state index contributed by atoms with van der Waals surface area (Å²) in [5, 5.41) is 10.4. The fourth-order valence-electron chi connectivity index (χ4n) is 4.48. The highest BCUT2D eigenvalue weighted by Gasteiger charge is 2.28. The van der Waals surface area contributed by atoms with Gasteiger partial charge in [0.1, 0.15) is 6.10 Å². The van der Waals surface area contributed by atoms with Crippen molar-refractivity contribution >= 4 is 22.2 Å². The maximum absolute atomic E-state index is 6.58. The molecule has 30 heavy (non-hydrogen) atoms. The van der Waals surface area contributed by atoms with E-state index in [1.165, 1.54) is 5.56 Å². The van der Waals surface area contributed by atoms with Gasteiger partial charge < -0.3 is 10.1 Å². The average Bonchev–Trinajstić information content (AvgIpc) is 3.29. The van der Waals surface area contributed by atoms with Crippen LogP contribution in [-0.4, -0.2) is 17.6 Å². The number of benzene rings is 1. The topological polar surface area (TPSA) is 36.2 Å². The second-order valence-corrected chi connectivity index (χ2v) is 8.82. The van der Waals surface area contributed by atoms with Crippen molar-refractivity contribution in [3.8, 4) is 0 Å². The predicted octanol–water partition coefficient (Wildman–Crippen LogP) is 7.08. The molecule has 1 aromatic carbocycles. The van der Waals surface area contributed by atoms with Gasteiger partial charge in [-0.15, -0.1) is 13.1 Å². The van der Waals surface area contributed by atoms with Gasteiger partial charge in [0.2, 0.25) is 0 Å². The zero-order valence-corrected chi connectivity index (χ0v) is 18.4. The molecule has 0 aliphatic carbocycles. The summed E-state index contributed by atoms with van der Waals surface area (Å²) >= 11 is 1.70. The summed E-state index contributed by atoms with van der Waals surface area (Å²) in [6.45, 7) is 11.4. The number of ether oxygens (including phenoxy) is 1. The van der Waals surface area contributed by atoms with E-state index in [9.17, 15) is 0 Å². The van der Waals surface area contributed by atoms with Gasteiger partial charge in [-0.1, -0.05) is 56.7 Å². The van der Waals surface area contributed by atoms with E-state index >= 15 is 0 Å². The average molecular weight is 418 g/mol. The largest absolute Gasteiger partial charge is 0.656 e. The Labute approximate surface area is 183 Å². The van der Waals surface area contributed by atoms with Crippen molar-refractivity contribution in [1.82, 2.24) is 4.98 Å². The van der Waals surface area contributed by atoms with Crippen LogP contribution < -0.4 is 0 Å². The van der Waals surface area contributed by atoms with Crippen molar-refractivity contribution in [1.29, 1.82) is 0 Å². The molecule has 0 saturated carbocycles. The van der Waals surface area contributed by atoms with Gasteiger partial charge in [-0.2, -0.15) is 11.3 Å². The number of thiophene rings is 1. The van der Waals surface area contributed by atoms with Crippen molar-refractivity contribution in [3.63, 3.8) is 0 Å². The molecule has 1 saturated heterocycles. The first kappa shape index (κ1) is 20.8. The maximum atomic E-state index is 6.58. The van der Waals surface area contributed by atoms with E-state index in [4.69, 9.17) is 10.1 Å². The van der Waals surface area contributed by atoms with Gasteiger partial charge in [0.05, 0.1) is 11.3 Å². The Balaban J connectivity index is 1.65. The van der Waals surface area contributed by atoms with Gasteiger partial charge in [0.15, 0.2) is 0 Å². The number of nitrogens with zero attached hydrogens (tertiary/aromatic N) is 2. The summed E-state index contributed by atoms with van der Waals surface area (Å²) in [6.07, 6.45) is 6.64. The fourth-order valence-corrected chi connectivity index (χ4v) is 5.15. The number of rotatable bonds is 8. The number of piperidine rings is 1. The molecule has 4 rings (SSSR count). The highest BCUT2D eigenvalue weighted by molar-refractivity contribution is 7.07. The SMILES string of the molecule is C=C[C@H]1C[N-][C@@H]([C@@H](OC(=C)Cc2ccsc2)c2ccnc3ccccc23)C[C@@H]1CC. The van der Waals surface area contributed by atoms with Crippen LogP contribution in [0.1, 0.15) is 37.0 Å². The molecule has 1 aliphatic rings. The molecule has 0 radical (unpaired) electrons. The summed E-state index contributed by atoms with van der Waals surface area (Å²) in [6, 6.07) is 12.6. The van der Waals surface area contributed by atoms with Gasteiger partial charge in [0.25, 0.3) is 0 Å². The van der Waals surface area contributed by atoms with Crippen LogP contribution in [0.3, 0.4) is 0 Å². The van der Waals surface area contributed by atoms with Crippen molar-refractivity contribution < 1.29 is 4.74 Å². The first-order valence-electron chi connectivity index (χ1n) is 10.7. The van der Waals surface area contributed by atoms with Crippen LogP contribution in [0.4, 0.5) is 0 Å². The normalized spacial score (nSPS) is 22.5. The second-order valence-electron chi connectivity index (χ2n) is 8.04. The van der Waals surface area contributed by atoms with E-state index in [-0.39, 0.29) is 12.1 Å². The number of pyridine rings is 1. The molecular formula is C26H29N2OS-. The highest BCUT2D eigenvalue weighted by atomic mass is 32.1. The highest BCUT2D eigenvalue weighted by Crippen LogP contribution is 2.41. The standard InChI is InChI=1S/C26H29N2OS/c1-4-20-15-25(28-16-21(20)5-2)26(29-18(3)14-19-11-13-30-17-19)23-10-12-27-24-9-7-6-8-22(23)24/h5-13,17,20-21,25-26H,2-4,14-16H2,1H3/q-1/t20-,21-,25+,26-/m0/s1. The van der Waals surface area contributed by atoms with E-state index < -0.39 is 0 Å². The number of hydrogen-bond acceptors (Lipinski definition) is 3. The number of fused-ring (bicyclic) bond motifs is 1. The monoisotopic (exact) mass is 417 g/mol. The van der Waals surface area contributed by atoms with Crippen LogP contribution in [-0.2, 0) is 11.2 Å². The van der Waals surface area contributed by atoms with Crippen molar-refractivity contribution in [2.24, 2.45) is 11.8 Å². The fraction of sp³-hybridized carbons (Fsp3) is 0.346. The van der Waals surface area contributed by atoms with Crippen LogP contribution in [0.2, 0.25) is 0 Å². The molecule has 0 spiro atoms. The molecule has 156 valence electrons. The van der Waals surface area contributed by atoms with Crippen LogP contribution in [0.25, 0.3) is 16.2 Å². The molecule has 0 bridgehead atoms. The molecule has 0 N–H and O–H groups in total. The van der Waals surface area contributed by atoms with Gasteiger partial charge >= 0.3 is 0 Å². The van der Waals surface area contributed by atoms with Gasteiger partial charge in [-0.05, 0) is 46.4 Å². The lowest BCUT2D eigenvalue weighted by atomic mass is 9.79. The lowest BCUT2D eigenvalue weighted by molar-refractivity contribution is 0.0815. The van der Waals surface area contributed by atoms with Crippen molar-refractivity contribution in [2.45, 2.75) is 38.3 Å². The smallest absolute Gasteiger partial charge is 0.108 e. The molecule has 0 unspecified atom stereocenters. The summed E-state index contributed by atoms with van der Waals surface area (Å²) in [7, 11) is 0. The molecule has 4 heteroatoms. The van der Waals surface area contributed by atoms with Crippen LogP contribution in [0, 0.1) is 11.8 Å².